The lowest BCUT2D eigenvalue weighted by atomic mass is 9.91. The number of amides is 2. The molecule has 0 aromatic heterocycles. The van der Waals surface area contributed by atoms with Crippen LogP contribution < -0.4 is 15.2 Å². The van der Waals surface area contributed by atoms with E-state index in [-0.39, 0.29) is 36.7 Å². The van der Waals surface area contributed by atoms with Crippen LogP contribution in [0.1, 0.15) is 12.8 Å². The van der Waals surface area contributed by atoms with Gasteiger partial charge in [0.25, 0.3) is 5.91 Å². The zero-order chi connectivity index (χ0) is 20.8. The molecule has 2 N–H and O–H groups in total. The lowest BCUT2D eigenvalue weighted by Crippen LogP contribution is -2.50. The third-order valence-corrected chi connectivity index (χ3v) is 4.99. The first-order chi connectivity index (χ1) is 13.9. The van der Waals surface area contributed by atoms with Crippen molar-refractivity contribution in [3.63, 3.8) is 0 Å². The number of carbonyl (C=O) groups excluding carboxylic acids is 2. The third-order valence-electron chi connectivity index (χ3n) is 4.74. The van der Waals surface area contributed by atoms with Gasteiger partial charge in [-0.2, -0.15) is 0 Å². The topological polar surface area (TPSA) is 81.9 Å². The highest BCUT2D eigenvalue weighted by atomic mass is 35.5. The molecule has 0 unspecified atom stereocenters. The third kappa shape index (κ3) is 6.09. The molecule has 0 radical (unpaired) electrons. The standard InChI is InChI=1S/C21H22ClFN2O4/c22-15-4-6-17(7-5-15)29-19-8-9-25(12-14(19)10-20(24)26)21(27)13-28-18-3-1-2-16(23)11-18/h1-7,11,14,19H,8-10,12-13H2,(H2,24,26)/t14-,19-/m0/s1. The van der Waals surface area contributed by atoms with Crippen LogP contribution in [0.25, 0.3) is 0 Å². The normalized spacial score (nSPS) is 18.9. The fourth-order valence-electron chi connectivity index (χ4n) is 3.33. The molecule has 154 valence electrons. The van der Waals surface area contributed by atoms with Crippen LogP contribution in [0.15, 0.2) is 48.5 Å². The Morgan fingerprint density at radius 2 is 1.93 bits per heavy atom. The largest absolute Gasteiger partial charge is 0.490 e. The average molecular weight is 421 g/mol. The summed E-state index contributed by atoms with van der Waals surface area (Å²) in [6, 6.07) is 12.6. The van der Waals surface area contributed by atoms with E-state index in [4.69, 9.17) is 26.8 Å². The number of carbonyl (C=O) groups is 2. The molecule has 1 heterocycles. The van der Waals surface area contributed by atoms with Gasteiger partial charge in [0.1, 0.15) is 23.4 Å². The van der Waals surface area contributed by atoms with Gasteiger partial charge < -0.3 is 20.1 Å². The van der Waals surface area contributed by atoms with Crippen LogP contribution in [-0.4, -0.2) is 42.5 Å². The summed E-state index contributed by atoms with van der Waals surface area (Å²) in [4.78, 5) is 25.7. The molecule has 29 heavy (non-hydrogen) atoms. The van der Waals surface area contributed by atoms with E-state index in [1.807, 2.05) is 0 Å². The van der Waals surface area contributed by atoms with Crippen LogP contribution in [0.5, 0.6) is 11.5 Å². The highest BCUT2D eigenvalue weighted by Crippen LogP contribution is 2.26. The van der Waals surface area contributed by atoms with Crippen molar-refractivity contribution in [3.8, 4) is 11.5 Å². The highest BCUT2D eigenvalue weighted by Gasteiger charge is 2.34. The Kier molecular flexibility index (Phi) is 6.93. The van der Waals surface area contributed by atoms with Gasteiger partial charge in [-0.25, -0.2) is 4.39 Å². The minimum atomic E-state index is -0.454. The lowest BCUT2D eigenvalue weighted by Gasteiger charge is -2.38. The smallest absolute Gasteiger partial charge is 0.260 e. The fraction of sp³-hybridized carbons (Fsp3) is 0.333. The van der Waals surface area contributed by atoms with Gasteiger partial charge in [0, 0.05) is 42.9 Å². The maximum Gasteiger partial charge on any atom is 0.260 e. The van der Waals surface area contributed by atoms with Gasteiger partial charge in [0.2, 0.25) is 5.91 Å². The number of hydrogen-bond donors (Lipinski definition) is 1. The number of piperidine rings is 1. The Morgan fingerprint density at radius 3 is 2.62 bits per heavy atom. The molecule has 2 aromatic rings. The van der Waals surface area contributed by atoms with E-state index in [2.05, 4.69) is 0 Å². The summed E-state index contributed by atoms with van der Waals surface area (Å²) >= 11 is 5.89. The summed E-state index contributed by atoms with van der Waals surface area (Å²) in [5.74, 6) is -0.443. The van der Waals surface area contributed by atoms with Gasteiger partial charge in [-0.05, 0) is 36.4 Å². The van der Waals surface area contributed by atoms with E-state index in [1.54, 1.807) is 35.2 Å². The van der Waals surface area contributed by atoms with Crippen LogP contribution in [0, 0.1) is 11.7 Å². The second-order valence-corrected chi connectivity index (χ2v) is 7.35. The Morgan fingerprint density at radius 1 is 1.17 bits per heavy atom. The predicted molar refractivity (Wildman–Crippen MR) is 106 cm³/mol. The van der Waals surface area contributed by atoms with Crippen LogP contribution >= 0.6 is 11.6 Å². The first kappa shape index (κ1) is 20.9. The van der Waals surface area contributed by atoms with Crippen molar-refractivity contribution in [2.24, 2.45) is 11.7 Å². The van der Waals surface area contributed by atoms with Gasteiger partial charge in [0.05, 0.1) is 0 Å². The van der Waals surface area contributed by atoms with Crippen molar-refractivity contribution in [2.45, 2.75) is 18.9 Å². The van der Waals surface area contributed by atoms with E-state index < -0.39 is 11.7 Å². The van der Waals surface area contributed by atoms with Crippen LogP contribution in [0.2, 0.25) is 5.02 Å². The maximum absolute atomic E-state index is 13.2. The monoisotopic (exact) mass is 420 g/mol. The molecule has 1 aliphatic heterocycles. The molecule has 0 spiro atoms. The van der Waals surface area contributed by atoms with E-state index in [0.717, 1.165) is 0 Å². The van der Waals surface area contributed by atoms with Crippen molar-refractivity contribution in [2.75, 3.05) is 19.7 Å². The summed E-state index contributed by atoms with van der Waals surface area (Å²) < 4.78 is 24.6. The molecule has 1 aliphatic rings. The lowest BCUT2D eigenvalue weighted by molar-refractivity contribution is -0.138. The number of halogens is 2. The first-order valence-electron chi connectivity index (χ1n) is 9.27. The van der Waals surface area contributed by atoms with Crippen molar-refractivity contribution in [1.29, 1.82) is 0 Å². The van der Waals surface area contributed by atoms with E-state index in [9.17, 15) is 14.0 Å². The summed E-state index contributed by atoms with van der Waals surface area (Å²) in [6.07, 6.45) is 0.399. The molecule has 6 nitrogen and oxygen atoms in total. The summed E-state index contributed by atoms with van der Waals surface area (Å²) in [7, 11) is 0. The Bertz CT molecular complexity index is 862. The van der Waals surface area contributed by atoms with Gasteiger partial charge in [-0.3, -0.25) is 9.59 Å². The van der Waals surface area contributed by atoms with Crippen molar-refractivity contribution in [1.82, 2.24) is 4.90 Å². The second kappa shape index (κ2) is 9.60. The molecule has 2 atom stereocenters. The number of nitrogens with zero attached hydrogens (tertiary/aromatic N) is 1. The molecule has 1 saturated heterocycles. The Balaban J connectivity index is 1.60. The van der Waals surface area contributed by atoms with Crippen molar-refractivity contribution in [3.05, 3.63) is 59.4 Å². The number of rotatable bonds is 7. The zero-order valence-electron chi connectivity index (χ0n) is 15.7. The van der Waals surface area contributed by atoms with Crippen molar-refractivity contribution < 1.29 is 23.5 Å². The molecule has 8 heteroatoms. The fourth-order valence-corrected chi connectivity index (χ4v) is 3.45. The van der Waals surface area contributed by atoms with E-state index in [1.165, 1.54) is 18.2 Å². The number of ether oxygens (including phenoxy) is 2. The molecular formula is C21H22ClFN2O4. The molecule has 0 bridgehead atoms. The number of benzene rings is 2. The quantitative estimate of drug-likeness (QED) is 0.746. The second-order valence-electron chi connectivity index (χ2n) is 6.92. The summed E-state index contributed by atoms with van der Waals surface area (Å²) in [5, 5.41) is 0.602. The van der Waals surface area contributed by atoms with E-state index >= 15 is 0 Å². The molecule has 2 aromatic carbocycles. The van der Waals surface area contributed by atoms with Crippen LogP contribution in [0.3, 0.4) is 0 Å². The number of hydrogen-bond acceptors (Lipinski definition) is 4. The van der Waals surface area contributed by atoms with E-state index in [0.29, 0.717) is 30.3 Å². The summed E-state index contributed by atoms with van der Waals surface area (Å²) in [5.41, 5.74) is 5.39. The molecule has 2 amide bonds. The molecule has 1 fully saturated rings. The van der Waals surface area contributed by atoms with Crippen LogP contribution in [-0.2, 0) is 9.59 Å². The first-order valence-corrected chi connectivity index (χ1v) is 9.65. The number of nitrogens with two attached hydrogens (primary N) is 1. The Labute approximate surface area is 173 Å². The molecular weight excluding hydrogens is 399 g/mol. The minimum absolute atomic E-state index is 0.104. The Hall–Kier alpha value is -2.80. The molecule has 3 rings (SSSR count). The number of likely N-dealkylation sites (tertiary alicyclic amines) is 1. The predicted octanol–water partition coefficient (Wildman–Crippen LogP) is 3.03. The van der Waals surface area contributed by atoms with Crippen molar-refractivity contribution >= 4 is 23.4 Å². The van der Waals surface area contributed by atoms with Gasteiger partial charge in [0.15, 0.2) is 6.61 Å². The van der Waals surface area contributed by atoms with Gasteiger partial charge in [-0.1, -0.05) is 17.7 Å². The number of primary amides is 1. The molecule has 0 aliphatic carbocycles. The highest BCUT2D eigenvalue weighted by molar-refractivity contribution is 6.30. The average Bonchev–Trinajstić information content (AvgIpc) is 2.69. The van der Waals surface area contributed by atoms with Gasteiger partial charge in [-0.15, -0.1) is 0 Å². The minimum Gasteiger partial charge on any atom is -0.490 e. The summed E-state index contributed by atoms with van der Waals surface area (Å²) in [6.45, 7) is 0.570. The van der Waals surface area contributed by atoms with Crippen LogP contribution in [0.4, 0.5) is 4.39 Å². The molecule has 0 saturated carbocycles. The zero-order valence-corrected chi connectivity index (χ0v) is 16.5. The maximum atomic E-state index is 13.2. The SMILES string of the molecule is NC(=O)C[C@H]1CN(C(=O)COc2cccc(F)c2)CC[C@@H]1Oc1ccc(Cl)cc1. The van der Waals surface area contributed by atoms with Gasteiger partial charge >= 0.3 is 0 Å².